The number of amides is 2. The quantitative estimate of drug-likeness (QED) is 0.628. The predicted molar refractivity (Wildman–Crippen MR) is 115 cm³/mol. The summed E-state index contributed by atoms with van der Waals surface area (Å²) in [5.41, 5.74) is 0.899. The number of anilines is 1. The number of aromatic nitrogens is 1. The van der Waals surface area contributed by atoms with E-state index in [4.69, 9.17) is 0 Å². The van der Waals surface area contributed by atoms with Crippen molar-refractivity contribution in [3.05, 3.63) is 24.3 Å². The maximum atomic E-state index is 12.4. The Kier molecular flexibility index (Phi) is 7.80. The highest BCUT2D eigenvalue weighted by molar-refractivity contribution is 7.22. The molecule has 1 aromatic carbocycles. The highest BCUT2D eigenvalue weighted by Gasteiger charge is 2.26. The summed E-state index contributed by atoms with van der Waals surface area (Å²) in [5.74, 6) is 0.0441. The first-order valence-corrected chi connectivity index (χ1v) is 11.1. The summed E-state index contributed by atoms with van der Waals surface area (Å²) < 4.78 is 1.06. The van der Waals surface area contributed by atoms with Crippen molar-refractivity contribution in [2.75, 3.05) is 31.5 Å². The van der Waals surface area contributed by atoms with Gasteiger partial charge in [-0.3, -0.25) is 14.5 Å². The number of unbranched alkanes of at least 4 members (excludes halogenated alkanes) is 3. The molecule has 1 aromatic heterocycles. The molecule has 1 aliphatic heterocycles. The number of nitrogens with one attached hydrogen (secondary N) is 2. The number of para-hydroxylation sites is 1. The second-order valence-electron chi connectivity index (χ2n) is 7.46. The minimum atomic E-state index is -0.0697. The summed E-state index contributed by atoms with van der Waals surface area (Å²) in [5, 5.41) is 6.60. The number of carbonyl (C=O) groups is 2. The van der Waals surface area contributed by atoms with E-state index in [1.807, 2.05) is 24.3 Å². The first-order valence-electron chi connectivity index (χ1n) is 10.3. The molecule has 28 heavy (non-hydrogen) atoms. The van der Waals surface area contributed by atoms with Crippen LogP contribution in [0.2, 0.25) is 0 Å². The van der Waals surface area contributed by atoms with Crippen molar-refractivity contribution in [3.63, 3.8) is 0 Å². The topological polar surface area (TPSA) is 74.3 Å². The van der Waals surface area contributed by atoms with Crippen LogP contribution in [0.15, 0.2) is 24.3 Å². The van der Waals surface area contributed by atoms with Gasteiger partial charge in [-0.1, -0.05) is 49.7 Å². The Bertz CT molecular complexity index is 759. The van der Waals surface area contributed by atoms with E-state index in [9.17, 15) is 9.59 Å². The number of hydrogen-bond acceptors (Lipinski definition) is 5. The second-order valence-corrected chi connectivity index (χ2v) is 8.49. The fourth-order valence-corrected chi connectivity index (χ4v) is 4.49. The van der Waals surface area contributed by atoms with Crippen molar-refractivity contribution in [1.82, 2.24) is 15.2 Å². The van der Waals surface area contributed by atoms with E-state index >= 15 is 0 Å². The molecular formula is C21H30N4O2S. The monoisotopic (exact) mass is 402 g/mol. The normalized spacial score (nSPS) is 17.5. The summed E-state index contributed by atoms with van der Waals surface area (Å²) in [6.45, 7) is 4.74. The van der Waals surface area contributed by atoms with Crippen molar-refractivity contribution in [1.29, 1.82) is 0 Å². The molecular weight excluding hydrogens is 372 g/mol. The molecule has 0 saturated carbocycles. The molecule has 1 aliphatic rings. The predicted octanol–water partition coefficient (Wildman–Crippen LogP) is 3.64. The largest absolute Gasteiger partial charge is 0.356 e. The number of hydrogen-bond donors (Lipinski definition) is 2. The van der Waals surface area contributed by atoms with Crippen LogP contribution in [0.4, 0.5) is 5.13 Å². The lowest BCUT2D eigenvalue weighted by atomic mass is 9.97. The third-order valence-electron chi connectivity index (χ3n) is 5.11. The molecule has 0 aliphatic carbocycles. The minimum Gasteiger partial charge on any atom is -0.356 e. The van der Waals surface area contributed by atoms with Gasteiger partial charge in [0, 0.05) is 13.1 Å². The van der Waals surface area contributed by atoms with Crippen molar-refractivity contribution >= 4 is 38.5 Å². The third kappa shape index (κ3) is 6.01. The Balaban J connectivity index is 1.43. The molecule has 2 amide bonds. The Morgan fingerprint density at radius 1 is 1.25 bits per heavy atom. The van der Waals surface area contributed by atoms with Gasteiger partial charge in [-0.15, -0.1) is 0 Å². The van der Waals surface area contributed by atoms with Crippen molar-refractivity contribution in [2.24, 2.45) is 5.92 Å². The van der Waals surface area contributed by atoms with E-state index in [0.717, 1.165) is 42.6 Å². The van der Waals surface area contributed by atoms with Crippen LogP contribution in [0.1, 0.15) is 45.4 Å². The molecule has 0 bridgehead atoms. The number of fused-ring (bicyclic) bond motifs is 1. The zero-order chi connectivity index (χ0) is 19.8. The van der Waals surface area contributed by atoms with Gasteiger partial charge in [-0.25, -0.2) is 4.98 Å². The lowest BCUT2D eigenvalue weighted by Gasteiger charge is -2.31. The number of benzene rings is 1. The molecule has 6 nitrogen and oxygen atoms in total. The summed E-state index contributed by atoms with van der Waals surface area (Å²) >= 11 is 1.48. The first-order chi connectivity index (χ1) is 13.7. The van der Waals surface area contributed by atoms with Gasteiger partial charge < -0.3 is 10.6 Å². The smallest absolute Gasteiger partial charge is 0.240 e. The van der Waals surface area contributed by atoms with Gasteiger partial charge >= 0.3 is 0 Å². The van der Waals surface area contributed by atoms with E-state index in [1.165, 1.54) is 30.6 Å². The standard InChI is InChI=1S/C21H30N4O2S/c1-2-3-4-7-12-22-20(27)16-9-8-13-25(14-16)15-19(26)24-21-23-17-10-5-6-11-18(17)28-21/h5-6,10-11,16H,2-4,7-9,12-15H2,1H3,(H,22,27)(H,23,24,26). The number of carbonyl (C=O) groups excluding carboxylic acids is 2. The number of rotatable bonds is 9. The first kappa shape index (κ1) is 20.7. The van der Waals surface area contributed by atoms with Gasteiger partial charge in [0.15, 0.2) is 5.13 Å². The number of thiazole rings is 1. The summed E-state index contributed by atoms with van der Waals surface area (Å²) in [6.07, 6.45) is 6.47. The molecule has 152 valence electrons. The van der Waals surface area contributed by atoms with Crippen LogP contribution in [-0.2, 0) is 9.59 Å². The molecule has 2 heterocycles. The second kappa shape index (κ2) is 10.5. The zero-order valence-electron chi connectivity index (χ0n) is 16.6. The average molecular weight is 403 g/mol. The Hall–Kier alpha value is -1.99. The van der Waals surface area contributed by atoms with E-state index in [0.29, 0.717) is 18.2 Å². The number of likely N-dealkylation sites (tertiary alicyclic amines) is 1. The van der Waals surface area contributed by atoms with Crippen LogP contribution in [0.3, 0.4) is 0 Å². The summed E-state index contributed by atoms with van der Waals surface area (Å²) in [4.78, 5) is 31.4. The molecule has 2 aromatic rings. The molecule has 1 saturated heterocycles. The molecule has 0 spiro atoms. The average Bonchev–Trinajstić information content (AvgIpc) is 3.10. The van der Waals surface area contributed by atoms with Gasteiger partial charge in [-0.05, 0) is 37.9 Å². The molecule has 7 heteroatoms. The SMILES string of the molecule is CCCCCCNC(=O)C1CCCN(CC(=O)Nc2nc3ccccc3s2)C1. The van der Waals surface area contributed by atoms with Crippen LogP contribution in [0.5, 0.6) is 0 Å². The highest BCUT2D eigenvalue weighted by Crippen LogP contribution is 2.25. The van der Waals surface area contributed by atoms with Gasteiger partial charge in [0.1, 0.15) is 0 Å². The zero-order valence-corrected chi connectivity index (χ0v) is 17.4. The fourth-order valence-electron chi connectivity index (χ4n) is 3.61. The minimum absolute atomic E-state index is 0.0184. The number of piperidine rings is 1. The van der Waals surface area contributed by atoms with Crippen molar-refractivity contribution in [3.8, 4) is 0 Å². The Labute approximate surface area is 170 Å². The van der Waals surface area contributed by atoms with E-state index in [1.54, 1.807) is 0 Å². The van der Waals surface area contributed by atoms with Crippen LogP contribution < -0.4 is 10.6 Å². The van der Waals surface area contributed by atoms with Crippen LogP contribution >= 0.6 is 11.3 Å². The summed E-state index contributed by atoms with van der Waals surface area (Å²) in [6, 6.07) is 7.85. The lowest BCUT2D eigenvalue weighted by molar-refractivity contribution is -0.127. The van der Waals surface area contributed by atoms with Gasteiger partial charge in [0.25, 0.3) is 0 Å². The molecule has 1 unspecified atom stereocenters. The van der Waals surface area contributed by atoms with Crippen molar-refractivity contribution < 1.29 is 9.59 Å². The highest BCUT2D eigenvalue weighted by atomic mass is 32.1. The molecule has 0 radical (unpaired) electrons. The van der Waals surface area contributed by atoms with E-state index < -0.39 is 0 Å². The van der Waals surface area contributed by atoms with Gasteiger partial charge in [-0.2, -0.15) is 0 Å². The van der Waals surface area contributed by atoms with Gasteiger partial charge in [0.2, 0.25) is 11.8 Å². The van der Waals surface area contributed by atoms with Crippen LogP contribution in [0, 0.1) is 5.92 Å². The maximum absolute atomic E-state index is 12.4. The van der Waals surface area contributed by atoms with Gasteiger partial charge in [0.05, 0.1) is 22.7 Å². The molecule has 1 fully saturated rings. The number of nitrogens with zero attached hydrogens (tertiary/aromatic N) is 2. The molecule has 3 rings (SSSR count). The lowest BCUT2D eigenvalue weighted by Crippen LogP contribution is -2.45. The van der Waals surface area contributed by atoms with E-state index in [-0.39, 0.29) is 17.7 Å². The third-order valence-corrected chi connectivity index (χ3v) is 6.07. The Morgan fingerprint density at radius 3 is 2.93 bits per heavy atom. The summed E-state index contributed by atoms with van der Waals surface area (Å²) in [7, 11) is 0. The van der Waals surface area contributed by atoms with E-state index in [2.05, 4.69) is 27.4 Å². The maximum Gasteiger partial charge on any atom is 0.240 e. The fraction of sp³-hybridized carbons (Fsp3) is 0.571. The molecule has 1 atom stereocenters. The van der Waals surface area contributed by atoms with Crippen LogP contribution in [-0.4, -0.2) is 47.9 Å². The Morgan fingerprint density at radius 2 is 2.11 bits per heavy atom. The van der Waals surface area contributed by atoms with Crippen molar-refractivity contribution in [2.45, 2.75) is 45.4 Å². The molecule has 2 N–H and O–H groups in total. The van der Waals surface area contributed by atoms with Crippen LogP contribution in [0.25, 0.3) is 10.2 Å².